The van der Waals surface area contributed by atoms with Crippen LogP contribution in [0.5, 0.6) is 0 Å². The van der Waals surface area contributed by atoms with Crippen LogP contribution >= 0.6 is 11.3 Å². The zero-order valence-corrected chi connectivity index (χ0v) is 17.1. The number of nitrogens with two attached hydrogens (primary N) is 1. The van der Waals surface area contributed by atoms with E-state index < -0.39 is 0 Å². The number of rotatable bonds is 5. The second-order valence-electron chi connectivity index (χ2n) is 7.33. The van der Waals surface area contributed by atoms with Crippen molar-refractivity contribution in [2.24, 2.45) is 0 Å². The molecule has 0 fully saturated rings. The highest BCUT2D eigenvalue weighted by Gasteiger charge is 2.19. The molecule has 3 aromatic heterocycles. The number of hydrogen-bond donors (Lipinski definition) is 1. The lowest BCUT2D eigenvalue weighted by Crippen LogP contribution is -2.12. The van der Waals surface area contributed by atoms with Crippen molar-refractivity contribution >= 4 is 33.3 Å². The van der Waals surface area contributed by atoms with Crippen LogP contribution in [0.15, 0.2) is 6.07 Å². The minimum absolute atomic E-state index is 0.0403. The number of aromatic nitrogens is 4. The molecule has 0 atom stereocenters. The number of anilines is 1. The van der Waals surface area contributed by atoms with Gasteiger partial charge in [-0.25, -0.2) is 9.97 Å². The number of carbonyl (C=O) groups excluding carboxylic acids is 1. The molecule has 1 aliphatic carbocycles. The molecule has 1 aliphatic rings. The fourth-order valence-corrected chi connectivity index (χ4v) is 5.08. The highest BCUT2D eigenvalue weighted by atomic mass is 32.1. The predicted molar refractivity (Wildman–Crippen MR) is 109 cm³/mol. The van der Waals surface area contributed by atoms with Gasteiger partial charge in [-0.3, -0.25) is 9.48 Å². The van der Waals surface area contributed by atoms with Crippen molar-refractivity contribution < 1.29 is 9.53 Å². The van der Waals surface area contributed by atoms with Gasteiger partial charge in [0.05, 0.1) is 24.0 Å². The van der Waals surface area contributed by atoms with Gasteiger partial charge in [0.1, 0.15) is 10.6 Å². The van der Waals surface area contributed by atoms with Crippen molar-refractivity contribution in [3.63, 3.8) is 0 Å². The van der Waals surface area contributed by atoms with E-state index in [9.17, 15) is 4.79 Å². The summed E-state index contributed by atoms with van der Waals surface area (Å²) >= 11 is 1.70. The summed E-state index contributed by atoms with van der Waals surface area (Å²) in [6, 6.07) is 1.99. The zero-order valence-electron chi connectivity index (χ0n) is 16.3. The van der Waals surface area contributed by atoms with Gasteiger partial charge in [0.25, 0.3) is 0 Å². The average Bonchev–Trinajstić information content (AvgIpc) is 3.07. The van der Waals surface area contributed by atoms with Crippen molar-refractivity contribution in [1.29, 1.82) is 0 Å². The van der Waals surface area contributed by atoms with Crippen LogP contribution in [-0.4, -0.2) is 25.7 Å². The number of ether oxygens (including phenoxy) is 1. The normalized spacial score (nSPS) is 14.1. The molecule has 0 spiro atoms. The Morgan fingerprint density at radius 1 is 1.25 bits per heavy atom. The number of esters is 1. The summed E-state index contributed by atoms with van der Waals surface area (Å²) in [7, 11) is 0. The SMILES string of the molecule is Cc1cc(C)n(CCC(=O)OCc2nc(N)c3c4c(sc3n2)CCCCC4)n1. The summed E-state index contributed by atoms with van der Waals surface area (Å²) in [5.41, 5.74) is 9.54. The van der Waals surface area contributed by atoms with Crippen LogP contribution < -0.4 is 5.73 Å². The van der Waals surface area contributed by atoms with E-state index in [1.165, 1.54) is 29.7 Å². The first-order valence-electron chi connectivity index (χ1n) is 9.74. The smallest absolute Gasteiger partial charge is 0.308 e. The van der Waals surface area contributed by atoms with Gasteiger partial charge in [0.2, 0.25) is 0 Å². The van der Waals surface area contributed by atoms with Crippen LogP contribution in [0.3, 0.4) is 0 Å². The number of hydrogen-bond acceptors (Lipinski definition) is 7. The van der Waals surface area contributed by atoms with E-state index in [-0.39, 0.29) is 19.0 Å². The van der Waals surface area contributed by atoms with E-state index in [4.69, 9.17) is 10.5 Å². The van der Waals surface area contributed by atoms with Crippen LogP contribution in [-0.2, 0) is 35.5 Å². The van der Waals surface area contributed by atoms with Crippen molar-refractivity contribution in [1.82, 2.24) is 19.7 Å². The molecule has 148 valence electrons. The number of carbonyl (C=O) groups is 1. The first-order chi connectivity index (χ1) is 13.5. The van der Waals surface area contributed by atoms with Crippen molar-refractivity contribution in [2.45, 2.75) is 65.5 Å². The molecule has 0 aromatic carbocycles. The monoisotopic (exact) mass is 399 g/mol. The summed E-state index contributed by atoms with van der Waals surface area (Å²) in [6.45, 7) is 4.44. The number of nitrogens with zero attached hydrogens (tertiary/aromatic N) is 4. The third-order valence-electron chi connectivity index (χ3n) is 5.13. The molecule has 0 aliphatic heterocycles. The Bertz CT molecular complexity index is 1020. The molecule has 4 rings (SSSR count). The number of thiophene rings is 1. The molecule has 8 heteroatoms. The molecule has 0 bridgehead atoms. The summed E-state index contributed by atoms with van der Waals surface area (Å²) < 4.78 is 7.18. The van der Waals surface area contributed by atoms with Gasteiger partial charge < -0.3 is 10.5 Å². The predicted octanol–water partition coefficient (Wildman–Crippen LogP) is 3.49. The van der Waals surface area contributed by atoms with Gasteiger partial charge in [0, 0.05) is 10.6 Å². The van der Waals surface area contributed by atoms with Crippen LogP contribution in [0.2, 0.25) is 0 Å². The third kappa shape index (κ3) is 3.87. The van der Waals surface area contributed by atoms with Gasteiger partial charge in [-0.05, 0) is 51.2 Å². The Kier molecular flexibility index (Phi) is 5.30. The van der Waals surface area contributed by atoms with Gasteiger partial charge >= 0.3 is 5.97 Å². The second-order valence-corrected chi connectivity index (χ2v) is 8.41. The van der Waals surface area contributed by atoms with E-state index in [1.54, 1.807) is 11.3 Å². The molecule has 2 N–H and O–H groups in total. The van der Waals surface area contributed by atoms with E-state index in [1.807, 2.05) is 24.6 Å². The van der Waals surface area contributed by atoms with Gasteiger partial charge in [-0.2, -0.15) is 5.10 Å². The Hall–Kier alpha value is -2.48. The molecule has 3 heterocycles. The summed E-state index contributed by atoms with van der Waals surface area (Å²) in [5.74, 6) is 0.663. The van der Waals surface area contributed by atoms with Crippen LogP contribution in [0, 0.1) is 13.8 Å². The van der Waals surface area contributed by atoms with Crippen LogP contribution in [0.4, 0.5) is 5.82 Å². The minimum atomic E-state index is -0.295. The molecule has 3 aromatic rings. The minimum Gasteiger partial charge on any atom is -0.457 e. The lowest BCUT2D eigenvalue weighted by molar-refractivity contribution is -0.145. The molecule has 0 radical (unpaired) electrons. The molecular weight excluding hydrogens is 374 g/mol. The number of nitrogen functional groups attached to an aromatic ring is 1. The molecular formula is C20H25N5O2S. The Morgan fingerprint density at radius 2 is 2.07 bits per heavy atom. The van der Waals surface area contributed by atoms with Crippen molar-refractivity contribution in [2.75, 3.05) is 5.73 Å². The van der Waals surface area contributed by atoms with E-state index in [0.29, 0.717) is 18.2 Å². The van der Waals surface area contributed by atoms with E-state index in [0.717, 1.165) is 34.4 Å². The molecule has 0 amide bonds. The topological polar surface area (TPSA) is 95.9 Å². The van der Waals surface area contributed by atoms with Gasteiger partial charge in [0.15, 0.2) is 12.4 Å². The Balaban J connectivity index is 1.42. The van der Waals surface area contributed by atoms with Gasteiger partial charge in [-0.15, -0.1) is 11.3 Å². The molecule has 0 saturated heterocycles. The molecule has 0 unspecified atom stereocenters. The van der Waals surface area contributed by atoms with Crippen molar-refractivity contribution in [3.05, 3.63) is 33.7 Å². The number of aryl methyl sites for hydroxylation is 5. The van der Waals surface area contributed by atoms with E-state index in [2.05, 4.69) is 15.1 Å². The molecule has 0 saturated carbocycles. The average molecular weight is 400 g/mol. The summed E-state index contributed by atoms with van der Waals surface area (Å²) in [4.78, 5) is 23.4. The number of fused-ring (bicyclic) bond motifs is 3. The van der Waals surface area contributed by atoms with Crippen LogP contribution in [0.25, 0.3) is 10.2 Å². The van der Waals surface area contributed by atoms with E-state index >= 15 is 0 Å². The summed E-state index contributed by atoms with van der Waals surface area (Å²) in [5, 5.41) is 5.36. The quantitative estimate of drug-likeness (QED) is 0.521. The molecule has 7 nitrogen and oxygen atoms in total. The van der Waals surface area contributed by atoms with Crippen LogP contribution in [0.1, 0.15) is 53.3 Å². The lowest BCUT2D eigenvalue weighted by Gasteiger charge is -2.07. The second kappa shape index (κ2) is 7.87. The third-order valence-corrected chi connectivity index (χ3v) is 6.32. The highest BCUT2D eigenvalue weighted by molar-refractivity contribution is 7.19. The first-order valence-corrected chi connectivity index (χ1v) is 10.6. The maximum Gasteiger partial charge on any atom is 0.308 e. The molecule has 28 heavy (non-hydrogen) atoms. The Morgan fingerprint density at radius 3 is 2.86 bits per heavy atom. The highest BCUT2D eigenvalue weighted by Crippen LogP contribution is 2.37. The lowest BCUT2D eigenvalue weighted by atomic mass is 10.1. The van der Waals surface area contributed by atoms with Crippen molar-refractivity contribution in [3.8, 4) is 0 Å². The first kappa shape index (κ1) is 18.9. The maximum atomic E-state index is 12.1. The zero-order chi connectivity index (χ0) is 19.7. The summed E-state index contributed by atoms with van der Waals surface area (Å²) in [6.07, 6.45) is 6.05. The van der Waals surface area contributed by atoms with Gasteiger partial charge in [-0.1, -0.05) is 6.42 Å². The largest absolute Gasteiger partial charge is 0.457 e. The fraction of sp³-hybridized carbons (Fsp3) is 0.500. The Labute approximate surface area is 167 Å². The fourth-order valence-electron chi connectivity index (χ4n) is 3.79. The maximum absolute atomic E-state index is 12.1. The standard InChI is InChI=1S/C20H25N5O2S/c1-12-10-13(2)25(24-12)9-8-17(26)27-11-16-22-19(21)18-14-6-4-3-5-7-15(14)28-20(18)23-16/h10H,3-9,11H2,1-2H3,(H2,21,22,23).